The number of para-hydroxylation sites is 3. The number of thiazole rings is 1. The summed E-state index contributed by atoms with van der Waals surface area (Å²) in [6.45, 7) is 0. The summed E-state index contributed by atoms with van der Waals surface area (Å²) < 4.78 is 138. The molecule has 0 unspecified atom stereocenters. The van der Waals surface area contributed by atoms with E-state index in [4.69, 9.17) is 35.8 Å². The number of furan rings is 1. The Morgan fingerprint density at radius 1 is 0.574 bits per heavy atom. The van der Waals surface area contributed by atoms with Gasteiger partial charge in [0.15, 0.2) is 11.6 Å². The van der Waals surface area contributed by atoms with E-state index in [9.17, 15) is 4.11 Å². The van der Waals surface area contributed by atoms with Gasteiger partial charge >= 0.3 is 0 Å². The van der Waals surface area contributed by atoms with Crippen LogP contribution in [0.4, 0.5) is 0 Å². The number of rotatable bonds is 4. The van der Waals surface area contributed by atoms with Crippen molar-refractivity contribution in [3.05, 3.63) is 139 Å². The standard InChI is InChI=1S/C40H23N5OS/c1-2-11-24(12-3-1)39-41-31-17-10-16-30(36(31)47-39)38-42-37(25-21-22-29-28-15-6-9-20-34(28)46-35(29)23-25)43-40(44-38)45-32-18-7-4-13-26(32)27-14-5-8-19-33(27)45/h1-23H/i1D,2D,3D,6D,9D,10D,11D,12D,15D,16D,17D,20D,21D,22D,23D. The maximum Gasteiger partial charge on any atom is 0.238 e. The molecule has 0 radical (unpaired) electrons. The molecule has 220 valence electrons. The molecule has 0 aliphatic carbocycles. The Hall–Kier alpha value is -6.18. The summed E-state index contributed by atoms with van der Waals surface area (Å²) in [5.74, 6) is -0.732. The third kappa shape index (κ3) is 4.10. The summed E-state index contributed by atoms with van der Waals surface area (Å²) in [6, 6.07) is 6.32. The van der Waals surface area contributed by atoms with Crippen molar-refractivity contribution < 1.29 is 25.0 Å². The van der Waals surface area contributed by atoms with Crippen molar-refractivity contribution >= 4 is 65.3 Å². The maximum atomic E-state index is 9.40. The Kier molecular flexibility index (Phi) is 3.33. The number of fused-ring (bicyclic) bond motifs is 7. The highest BCUT2D eigenvalue weighted by molar-refractivity contribution is 7.22. The first-order chi connectivity index (χ1) is 29.5. The molecule has 0 saturated carbocycles. The van der Waals surface area contributed by atoms with Crippen LogP contribution in [-0.2, 0) is 0 Å². The van der Waals surface area contributed by atoms with Gasteiger partial charge in [-0.05, 0) is 42.3 Å². The summed E-state index contributed by atoms with van der Waals surface area (Å²) in [6.07, 6.45) is 0. The molecule has 0 atom stereocenters. The minimum Gasteiger partial charge on any atom is -0.456 e. The van der Waals surface area contributed by atoms with E-state index < -0.39 is 90.6 Å². The second-order valence-electron chi connectivity index (χ2n) is 10.4. The van der Waals surface area contributed by atoms with E-state index in [0.717, 1.165) is 22.1 Å². The average Bonchev–Trinajstić information content (AvgIpc) is 3.98. The van der Waals surface area contributed by atoms with E-state index in [1.165, 1.54) is 0 Å². The average molecular weight is 637 g/mol. The number of aromatic nitrogens is 5. The van der Waals surface area contributed by atoms with Gasteiger partial charge in [0.1, 0.15) is 16.2 Å². The molecule has 4 heterocycles. The molecule has 47 heavy (non-hydrogen) atoms. The van der Waals surface area contributed by atoms with Crippen molar-refractivity contribution in [1.82, 2.24) is 24.5 Å². The van der Waals surface area contributed by atoms with Crippen LogP contribution in [0.25, 0.3) is 93.3 Å². The minimum atomic E-state index is -0.620. The molecular formula is C40H23N5OS. The van der Waals surface area contributed by atoms with Crippen LogP contribution < -0.4 is 0 Å². The van der Waals surface area contributed by atoms with Gasteiger partial charge in [-0.15, -0.1) is 11.3 Å². The van der Waals surface area contributed by atoms with Crippen LogP contribution in [0.2, 0.25) is 0 Å². The summed E-state index contributed by atoms with van der Waals surface area (Å²) in [7, 11) is 0. The fraction of sp³-hybridized carbons (Fsp3) is 0. The van der Waals surface area contributed by atoms with Gasteiger partial charge in [0.2, 0.25) is 5.95 Å². The van der Waals surface area contributed by atoms with Crippen LogP contribution in [0.15, 0.2) is 144 Å². The predicted octanol–water partition coefficient (Wildman–Crippen LogP) is 10.5. The van der Waals surface area contributed by atoms with Gasteiger partial charge in [-0.1, -0.05) is 96.8 Å². The molecule has 0 aliphatic rings. The molecule has 6 nitrogen and oxygen atoms in total. The summed E-state index contributed by atoms with van der Waals surface area (Å²) in [5.41, 5.74) is -0.288. The Bertz CT molecular complexity index is 3600. The van der Waals surface area contributed by atoms with E-state index >= 15 is 0 Å². The maximum absolute atomic E-state index is 9.40. The van der Waals surface area contributed by atoms with Crippen LogP contribution in [-0.4, -0.2) is 24.5 Å². The lowest BCUT2D eigenvalue weighted by Crippen LogP contribution is -2.06. The molecule has 10 rings (SSSR count). The SMILES string of the molecule is [2H]c1c([2H])c([2H])c(-c2nc3c([2H])c([2H])c([2H])c(-c4nc(-c5c([2H])c([2H])c6c(oc7c([2H])c([2H])c([2H])c([2H])c76)c5[2H])nc(-n5c6ccccc6c6ccccc65)n4)c3s2)c([2H])c1[2H]. The van der Waals surface area contributed by atoms with Crippen molar-refractivity contribution in [1.29, 1.82) is 0 Å². The molecule has 0 N–H and O–H groups in total. The van der Waals surface area contributed by atoms with Gasteiger partial charge in [0, 0.05) is 38.2 Å². The van der Waals surface area contributed by atoms with Crippen LogP contribution in [0.1, 0.15) is 20.6 Å². The van der Waals surface area contributed by atoms with Crippen LogP contribution >= 0.6 is 11.3 Å². The lowest BCUT2D eigenvalue weighted by molar-refractivity contribution is 0.669. The minimum absolute atomic E-state index is 0.0533. The highest BCUT2D eigenvalue weighted by atomic mass is 32.1. The van der Waals surface area contributed by atoms with Crippen LogP contribution in [0, 0.1) is 0 Å². The second kappa shape index (κ2) is 10.2. The van der Waals surface area contributed by atoms with Crippen molar-refractivity contribution in [3.8, 4) is 39.3 Å². The smallest absolute Gasteiger partial charge is 0.238 e. The highest BCUT2D eigenvalue weighted by Crippen LogP contribution is 2.38. The van der Waals surface area contributed by atoms with Crippen LogP contribution in [0.5, 0.6) is 0 Å². The Balaban J connectivity index is 1.34. The fourth-order valence-corrected chi connectivity index (χ4v) is 6.61. The molecule has 0 bridgehead atoms. The molecule has 0 spiro atoms. The van der Waals surface area contributed by atoms with E-state index in [1.54, 1.807) is 16.7 Å². The molecule has 6 aromatic carbocycles. The van der Waals surface area contributed by atoms with Gasteiger partial charge in [0.25, 0.3) is 0 Å². The van der Waals surface area contributed by atoms with Gasteiger partial charge in [0.05, 0.1) is 41.8 Å². The topological polar surface area (TPSA) is 69.6 Å². The quantitative estimate of drug-likeness (QED) is 0.192. The van der Waals surface area contributed by atoms with Gasteiger partial charge in [-0.25, -0.2) is 9.97 Å². The zero-order valence-electron chi connectivity index (χ0n) is 38.7. The number of nitrogens with zero attached hydrogens (tertiary/aromatic N) is 5. The van der Waals surface area contributed by atoms with E-state index in [2.05, 4.69) is 4.98 Å². The van der Waals surface area contributed by atoms with Gasteiger partial charge < -0.3 is 4.42 Å². The monoisotopic (exact) mass is 636 g/mol. The molecular weight excluding hydrogens is 599 g/mol. The third-order valence-electron chi connectivity index (χ3n) is 7.67. The van der Waals surface area contributed by atoms with E-state index in [-0.39, 0.29) is 71.5 Å². The summed E-state index contributed by atoms with van der Waals surface area (Å²) in [5, 5.41) is 1.16. The van der Waals surface area contributed by atoms with Crippen molar-refractivity contribution in [2.24, 2.45) is 0 Å². The normalized spacial score (nSPS) is 16.3. The Morgan fingerprint density at radius 2 is 1.30 bits per heavy atom. The molecule has 10 aromatic rings. The first kappa shape index (κ1) is 15.4. The molecule has 0 fully saturated rings. The Labute approximate surface area is 293 Å². The highest BCUT2D eigenvalue weighted by Gasteiger charge is 2.20. The lowest BCUT2D eigenvalue weighted by Gasteiger charge is -2.11. The van der Waals surface area contributed by atoms with Crippen molar-refractivity contribution in [3.63, 3.8) is 0 Å². The van der Waals surface area contributed by atoms with E-state index in [1.807, 2.05) is 36.4 Å². The zero-order chi connectivity index (χ0) is 44.0. The molecule has 0 aliphatic heterocycles. The van der Waals surface area contributed by atoms with Crippen LogP contribution in [0.3, 0.4) is 0 Å². The van der Waals surface area contributed by atoms with Crippen molar-refractivity contribution in [2.75, 3.05) is 0 Å². The number of hydrogen-bond donors (Lipinski definition) is 0. The second-order valence-corrected chi connectivity index (χ2v) is 11.4. The first-order valence-corrected chi connectivity index (χ1v) is 15.0. The van der Waals surface area contributed by atoms with Gasteiger partial charge in [-0.3, -0.25) is 4.57 Å². The lowest BCUT2D eigenvalue weighted by atomic mass is 10.1. The Morgan fingerprint density at radius 3 is 2.13 bits per heavy atom. The predicted molar refractivity (Wildman–Crippen MR) is 191 cm³/mol. The van der Waals surface area contributed by atoms with Crippen molar-refractivity contribution in [2.45, 2.75) is 0 Å². The summed E-state index contributed by atoms with van der Waals surface area (Å²) >= 11 is 0.794. The fourth-order valence-electron chi connectivity index (χ4n) is 5.64. The number of hydrogen-bond acceptors (Lipinski definition) is 6. The molecule has 7 heteroatoms. The molecule has 0 amide bonds. The first-order valence-electron chi connectivity index (χ1n) is 21.7. The molecule has 0 saturated heterocycles. The van der Waals surface area contributed by atoms with Gasteiger partial charge in [-0.2, -0.15) is 9.97 Å². The largest absolute Gasteiger partial charge is 0.456 e. The third-order valence-corrected chi connectivity index (χ3v) is 8.76. The van der Waals surface area contributed by atoms with E-state index in [0.29, 0.717) is 11.0 Å². The zero-order valence-corrected chi connectivity index (χ0v) is 24.5. The molecule has 4 aromatic heterocycles. The number of benzene rings is 6. The summed E-state index contributed by atoms with van der Waals surface area (Å²) in [4.78, 5) is 18.8.